The smallest absolute Gasteiger partial charge is 0.103 e. The highest BCUT2D eigenvalue weighted by molar-refractivity contribution is 7.58. The molecule has 0 nitrogen and oxygen atoms in total. The quantitative estimate of drug-likeness (QED) is 0.490. The third-order valence-electron chi connectivity index (χ3n) is 1.82. The monoisotopic (exact) mass is 179 g/mol. The molecule has 0 spiro atoms. The van der Waals surface area contributed by atoms with Crippen molar-refractivity contribution < 1.29 is 0 Å². The fourth-order valence-electron chi connectivity index (χ4n) is 1.15. The summed E-state index contributed by atoms with van der Waals surface area (Å²) in [4.78, 5) is 0. The van der Waals surface area contributed by atoms with E-state index in [9.17, 15) is 0 Å². The Morgan fingerprint density at radius 1 is 1.17 bits per heavy atom. The summed E-state index contributed by atoms with van der Waals surface area (Å²) in [6.07, 6.45) is 4.00. The minimum Gasteiger partial charge on any atom is -0.103 e. The zero-order valence-electron chi connectivity index (χ0n) is 7.22. The van der Waals surface area contributed by atoms with Crippen LogP contribution >= 0.6 is 0 Å². The highest BCUT2D eigenvalue weighted by Crippen LogP contribution is 2.05. The topological polar surface area (TPSA) is 0 Å². The number of hydrogen-bond donors (Lipinski definition) is 0. The second-order valence-electron chi connectivity index (χ2n) is 2.81. The molecule has 1 heteroatoms. The third-order valence-corrected chi connectivity index (χ3v) is 2.07. The first-order valence-corrected chi connectivity index (χ1v) is 4.91. The molecule has 0 N–H and O–H groups in total. The Bertz CT molecular complexity index is 236. The summed E-state index contributed by atoms with van der Waals surface area (Å²) in [5, 5.41) is 0. The molecule has 12 heavy (non-hydrogen) atoms. The van der Waals surface area contributed by atoms with Crippen molar-refractivity contribution in [1.82, 2.24) is 0 Å². The van der Waals surface area contributed by atoms with Crippen LogP contribution in [0.1, 0.15) is 11.1 Å². The van der Waals surface area contributed by atoms with Gasteiger partial charge in [0.2, 0.25) is 0 Å². The predicted molar refractivity (Wildman–Crippen MR) is 59.1 cm³/mol. The predicted octanol–water partition coefficient (Wildman–Crippen LogP) is 1.97. The number of allylic oxidation sites excluding steroid dienone is 1. The van der Waals surface area contributed by atoms with Gasteiger partial charge in [-0.25, -0.2) is 0 Å². The summed E-state index contributed by atoms with van der Waals surface area (Å²) in [6, 6.07) is 8.69. The van der Waals surface area contributed by atoms with Crippen LogP contribution in [0.5, 0.6) is 0 Å². The molecule has 1 aromatic rings. The molecule has 0 bridgehead atoms. The molecule has 0 unspecified atom stereocenters. The van der Waals surface area contributed by atoms with Gasteiger partial charge in [0.15, 0.2) is 0 Å². The molecule has 0 saturated carbocycles. The molecule has 0 saturated heterocycles. The zero-order valence-corrected chi connectivity index (χ0v) is 8.22. The zero-order chi connectivity index (χ0) is 8.81. The van der Waals surface area contributed by atoms with E-state index in [4.69, 9.17) is 0 Å². The molecule has 0 aliphatic carbocycles. The molecule has 0 aliphatic heterocycles. The lowest BCUT2D eigenvalue weighted by Crippen LogP contribution is -1.88. The Balaban J connectivity index is 2.64. The van der Waals surface area contributed by atoms with Gasteiger partial charge in [-0.05, 0) is 30.2 Å². The van der Waals surface area contributed by atoms with Gasteiger partial charge >= 0.3 is 0 Å². The first-order chi connectivity index (χ1) is 5.86. The van der Waals surface area contributed by atoms with Gasteiger partial charge in [-0.15, -0.1) is 6.58 Å². The molecule has 0 atom stereocenters. The lowest BCUT2D eigenvalue weighted by Gasteiger charge is -1.98. The molecule has 0 fully saturated rings. The minimum absolute atomic E-state index is 0.966. The molecular weight excluding hydrogens is 164 g/mol. The van der Waals surface area contributed by atoms with Crippen molar-refractivity contribution in [2.45, 2.75) is 12.8 Å². The summed E-state index contributed by atoms with van der Waals surface area (Å²) < 4.78 is 0. The first-order valence-electron chi connectivity index (χ1n) is 4.20. The fraction of sp³-hybridized carbons (Fsp3) is 0.273. The summed E-state index contributed by atoms with van der Waals surface area (Å²) in [5.74, 6) is 1.03. The average Bonchev–Trinajstić information content (AvgIpc) is 2.09. The molecule has 0 radical (unpaired) electrons. The Labute approximate surface area is 79.7 Å². The van der Waals surface area contributed by atoms with Crippen molar-refractivity contribution in [3.8, 4) is 0 Å². The van der Waals surface area contributed by atoms with Crippen LogP contribution in [0.2, 0.25) is 0 Å². The van der Waals surface area contributed by atoms with Gasteiger partial charge in [-0.3, -0.25) is 0 Å². The van der Waals surface area contributed by atoms with Crippen molar-refractivity contribution in [2.24, 2.45) is 0 Å². The fourth-order valence-corrected chi connectivity index (χ4v) is 1.44. The molecular formula is C11H15S+. The summed E-state index contributed by atoms with van der Waals surface area (Å²) >= 11 is 3.46. The number of benzene rings is 1. The van der Waals surface area contributed by atoms with Gasteiger partial charge in [0.25, 0.3) is 0 Å². The van der Waals surface area contributed by atoms with Crippen molar-refractivity contribution in [3.05, 3.63) is 48.0 Å². The number of aryl methyl sites for hydroxylation is 1. The van der Waals surface area contributed by atoms with E-state index in [-0.39, 0.29) is 0 Å². The van der Waals surface area contributed by atoms with E-state index in [0.29, 0.717) is 0 Å². The lowest BCUT2D eigenvalue weighted by molar-refractivity contribution is 1.15. The van der Waals surface area contributed by atoms with Gasteiger partial charge in [0.05, 0.1) is 0 Å². The maximum Gasteiger partial charge on any atom is 0.107 e. The SMILES string of the molecule is C=CCc1ccc(CC[SH2+])cc1. The lowest BCUT2D eigenvalue weighted by atomic mass is 10.1. The van der Waals surface area contributed by atoms with E-state index < -0.39 is 0 Å². The Morgan fingerprint density at radius 2 is 1.75 bits per heavy atom. The van der Waals surface area contributed by atoms with Crippen molar-refractivity contribution in [1.29, 1.82) is 0 Å². The number of hydrogen-bond acceptors (Lipinski definition) is 0. The maximum atomic E-state index is 3.71. The second-order valence-corrected chi connectivity index (χ2v) is 3.31. The maximum absolute atomic E-state index is 3.71. The van der Waals surface area contributed by atoms with Crippen molar-refractivity contribution >= 4 is 12.6 Å². The highest BCUT2D eigenvalue weighted by atomic mass is 32.1. The highest BCUT2D eigenvalue weighted by Gasteiger charge is 1.93. The summed E-state index contributed by atoms with van der Waals surface area (Å²) in [7, 11) is 0. The Morgan fingerprint density at radius 3 is 2.25 bits per heavy atom. The second kappa shape index (κ2) is 5.04. The van der Waals surface area contributed by atoms with Gasteiger partial charge in [-0.2, -0.15) is 0 Å². The van der Waals surface area contributed by atoms with E-state index in [1.165, 1.54) is 11.1 Å². The van der Waals surface area contributed by atoms with Crippen LogP contribution in [0.3, 0.4) is 0 Å². The molecule has 0 heterocycles. The van der Waals surface area contributed by atoms with Crippen LogP contribution in [-0.2, 0) is 25.5 Å². The standard InChI is InChI=1S/C11H14S/c1-2-3-10-4-6-11(7-5-10)8-9-12/h2,4-7,12H,1,3,8-9H2/p+1. The number of rotatable bonds is 4. The van der Waals surface area contributed by atoms with Crippen LogP contribution in [0, 0.1) is 0 Å². The van der Waals surface area contributed by atoms with Crippen molar-refractivity contribution in [3.63, 3.8) is 0 Å². The van der Waals surface area contributed by atoms with Crippen LogP contribution in [0.4, 0.5) is 0 Å². The van der Waals surface area contributed by atoms with Gasteiger partial charge in [0, 0.05) is 6.42 Å². The largest absolute Gasteiger partial charge is 0.107 e. The average molecular weight is 179 g/mol. The van der Waals surface area contributed by atoms with Crippen LogP contribution in [0.25, 0.3) is 0 Å². The Kier molecular flexibility index (Phi) is 3.95. The van der Waals surface area contributed by atoms with Crippen molar-refractivity contribution in [2.75, 3.05) is 5.75 Å². The van der Waals surface area contributed by atoms with Gasteiger partial charge < -0.3 is 0 Å². The Hall–Kier alpha value is -0.690. The van der Waals surface area contributed by atoms with E-state index in [0.717, 1.165) is 18.6 Å². The molecule has 0 amide bonds. The molecule has 64 valence electrons. The van der Waals surface area contributed by atoms with Crippen LogP contribution in [0.15, 0.2) is 36.9 Å². The molecule has 1 rings (SSSR count). The normalized spacial score (nSPS) is 9.75. The van der Waals surface area contributed by atoms with E-state index >= 15 is 0 Å². The molecule has 0 aromatic heterocycles. The molecule has 0 aliphatic rings. The van der Waals surface area contributed by atoms with Crippen LogP contribution in [-0.4, -0.2) is 5.75 Å². The van der Waals surface area contributed by atoms with E-state index in [1.807, 2.05) is 6.08 Å². The van der Waals surface area contributed by atoms with E-state index in [1.54, 1.807) is 0 Å². The summed E-state index contributed by atoms with van der Waals surface area (Å²) in [5.41, 5.74) is 2.72. The third kappa shape index (κ3) is 2.74. The summed E-state index contributed by atoms with van der Waals surface area (Å²) in [6.45, 7) is 3.71. The van der Waals surface area contributed by atoms with Gasteiger partial charge in [0.1, 0.15) is 5.75 Å². The minimum atomic E-state index is 0.966. The first kappa shape index (κ1) is 9.40. The molecule has 1 aromatic carbocycles. The van der Waals surface area contributed by atoms with Gasteiger partial charge in [-0.1, -0.05) is 30.3 Å². The van der Waals surface area contributed by atoms with Crippen LogP contribution < -0.4 is 0 Å². The van der Waals surface area contributed by atoms with E-state index in [2.05, 4.69) is 43.5 Å².